The van der Waals surface area contributed by atoms with Crippen molar-refractivity contribution in [2.45, 2.75) is 45.6 Å². The highest BCUT2D eigenvalue weighted by molar-refractivity contribution is 5.77. The Labute approximate surface area is 115 Å². The highest BCUT2D eigenvalue weighted by Gasteiger charge is 2.29. The number of hydrogen-bond donors (Lipinski definition) is 1. The van der Waals surface area contributed by atoms with Crippen molar-refractivity contribution in [3.8, 4) is 0 Å². The van der Waals surface area contributed by atoms with Gasteiger partial charge in [-0.15, -0.1) is 0 Å². The largest absolute Gasteiger partial charge is 0.364 e. The minimum absolute atomic E-state index is 0.128. The van der Waals surface area contributed by atoms with Gasteiger partial charge >= 0.3 is 0 Å². The van der Waals surface area contributed by atoms with Crippen LogP contribution in [0.4, 0.5) is 5.82 Å². The van der Waals surface area contributed by atoms with Crippen LogP contribution in [0, 0.1) is 0 Å². The van der Waals surface area contributed by atoms with Crippen LogP contribution in [0.1, 0.15) is 39.7 Å². The summed E-state index contributed by atoms with van der Waals surface area (Å²) in [6.07, 6.45) is 2.43. The van der Waals surface area contributed by atoms with E-state index in [2.05, 4.69) is 43.2 Å². The highest BCUT2D eigenvalue weighted by Crippen LogP contribution is 2.24. The van der Waals surface area contributed by atoms with Gasteiger partial charge in [0.2, 0.25) is 5.91 Å². The van der Waals surface area contributed by atoms with Crippen LogP contribution in [0.3, 0.4) is 0 Å². The fourth-order valence-corrected chi connectivity index (χ4v) is 2.18. The molecule has 2 rings (SSSR count). The topological polar surface area (TPSA) is 45.2 Å². The Morgan fingerprint density at radius 2 is 2.16 bits per heavy atom. The fourth-order valence-electron chi connectivity index (χ4n) is 2.18. The number of likely N-dealkylation sites (tertiary alicyclic amines) is 1. The number of amides is 1. The number of nitrogens with one attached hydrogen (secondary N) is 1. The lowest BCUT2D eigenvalue weighted by Crippen LogP contribution is -2.56. The fraction of sp³-hybridized carbons (Fsp3) is 0.600. The lowest BCUT2D eigenvalue weighted by Gasteiger charge is -2.39. The van der Waals surface area contributed by atoms with Crippen LogP contribution in [0.25, 0.3) is 0 Å². The first-order valence-corrected chi connectivity index (χ1v) is 6.91. The van der Waals surface area contributed by atoms with Crippen LogP contribution in [-0.2, 0) is 10.2 Å². The maximum atomic E-state index is 11.5. The predicted molar refractivity (Wildman–Crippen MR) is 77.2 cm³/mol. The molecule has 0 spiro atoms. The van der Waals surface area contributed by atoms with Gasteiger partial charge in [0.25, 0.3) is 0 Å². The Kier molecular flexibility index (Phi) is 3.78. The molecule has 1 amide bonds. The van der Waals surface area contributed by atoms with E-state index in [-0.39, 0.29) is 11.3 Å². The zero-order chi connectivity index (χ0) is 14.0. The molecule has 0 atom stereocenters. The second-order valence-corrected chi connectivity index (χ2v) is 6.17. The molecule has 19 heavy (non-hydrogen) atoms. The molecule has 1 fully saturated rings. The van der Waals surface area contributed by atoms with E-state index in [4.69, 9.17) is 0 Å². The van der Waals surface area contributed by atoms with Crippen LogP contribution in [0.5, 0.6) is 0 Å². The molecule has 0 unspecified atom stereocenters. The van der Waals surface area contributed by atoms with E-state index in [0.29, 0.717) is 12.5 Å². The first-order chi connectivity index (χ1) is 8.90. The van der Waals surface area contributed by atoms with Crippen molar-refractivity contribution in [1.29, 1.82) is 0 Å². The van der Waals surface area contributed by atoms with Crippen molar-refractivity contribution in [2.24, 2.45) is 0 Å². The summed E-state index contributed by atoms with van der Waals surface area (Å²) in [5.74, 6) is 1.13. The van der Waals surface area contributed by atoms with E-state index in [1.54, 1.807) is 0 Å². The monoisotopic (exact) mass is 261 g/mol. The summed E-state index contributed by atoms with van der Waals surface area (Å²) < 4.78 is 0. The molecule has 1 aliphatic heterocycles. The molecule has 4 heteroatoms. The van der Waals surface area contributed by atoms with Crippen LogP contribution < -0.4 is 5.32 Å². The molecule has 0 aromatic carbocycles. The highest BCUT2D eigenvalue weighted by atomic mass is 16.2. The van der Waals surface area contributed by atoms with Gasteiger partial charge in [-0.1, -0.05) is 27.7 Å². The molecule has 0 bridgehead atoms. The number of aromatic nitrogens is 1. The van der Waals surface area contributed by atoms with Crippen molar-refractivity contribution < 1.29 is 4.79 Å². The maximum Gasteiger partial charge on any atom is 0.222 e. The molecule has 0 aliphatic carbocycles. The number of rotatable bonds is 3. The normalized spacial score (nSPS) is 16.1. The van der Waals surface area contributed by atoms with E-state index >= 15 is 0 Å². The zero-order valence-corrected chi connectivity index (χ0v) is 12.2. The van der Waals surface area contributed by atoms with Crippen LogP contribution in [0.15, 0.2) is 18.3 Å². The van der Waals surface area contributed by atoms with Crippen LogP contribution in [-0.4, -0.2) is 34.9 Å². The number of carbonyl (C=O) groups excluding carboxylic acids is 1. The lowest BCUT2D eigenvalue weighted by atomic mass is 9.88. The molecule has 104 valence electrons. The summed E-state index contributed by atoms with van der Waals surface area (Å²) in [6.45, 7) is 10.0. The Bertz CT molecular complexity index is 459. The third-order valence-electron chi connectivity index (χ3n) is 3.51. The lowest BCUT2D eigenvalue weighted by molar-refractivity contribution is -0.134. The molecular weight excluding hydrogens is 238 g/mol. The van der Waals surface area contributed by atoms with Crippen LogP contribution in [0.2, 0.25) is 0 Å². The molecule has 1 aromatic heterocycles. The van der Waals surface area contributed by atoms with Crippen molar-refractivity contribution in [3.63, 3.8) is 0 Å². The Morgan fingerprint density at radius 3 is 2.74 bits per heavy atom. The minimum atomic E-state index is 0.128. The second-order valence-electron chi connectivity index (χ2n) is 6.17. The smallest absolute Gasteiger partial charge is 0.222 e. The zero-order valence-electron chi connectivity index (χ0n) is 12.2. The molecule has 1 aromatic rings. The van der Waals surface area contributed by atoms with Crippen LogP contribution >= 0.6 is 0 Å². The summed E-state index contributed by atoms with van der Waals surface area (Å²) in [4.78, 5) is 17.7. The minimum Gasteiger partial charge on any atom is -0.364 e. The maximum absolute atomic E-state index is 11.5. The number of hydrogen-bond acceptors (Lipinski definition) is 3. The first kappa shape index (κ1) is 13.8. The molecule has 1 saturated heterocycles. The first-order valence-electron chi connectivity index (χ1n) is 6.91. The van der Waals surface area contributed by atoms with Gasteiger partial charge in [0.1, 0.15) is 5.82 Å². The molecule has 0 saturated carbocycles. The summed E-state index contributed by atoms with van der Waals surface area (Å²) in [5.41, 5.74) is 1.40. The summed E-state index contributed by atoms with van der Waals surface area (Å²) in [7, 11) is 0. The van der Waals surface area contributed by atoms with Gasteiger partial charge in [0, 0.05) is 25.7 Å². The van der Waals surface area contributed by atoms with E-state index in [1.165, 1.54) is 5.56 Å². The van der Waals surface area contributed by atoms with E-state index < -0.39 is 0 Å². The third kappa shape index (κ3) is 3.25. The molecule has 4 nitrogen and oxygen atoms in total. The second kappa shape index (κ2) is 5.19. The summed E-state index contributed by atoms with van der Waals surface area (Å²) >= 11 is 0. The van der Waals surface area contributed by atoms with Gasteiger partial charge in [0.05, 0.1) is 6.04 Å². The SMILES string of the molecule is CCC(=O)N1CC(Nc2cc(C(C)(C)C)ccn2)C1. The standard InChI is InChI=1S/C15H23N3O/c1-5-14(19)18-9-12(10-18)17-13-8-11(6-7-16-13)15(2,3)4/h6-8,12H,5,9-10H2,1-4H3,(H,16,17). The van der Waals surface area contributed by atoms with Gasteiger partial charge in [-0.3, -0.25) is 4.79 Å². The average molecular weight is 261 g/mol. The molecule has 0 radical (unpaired) electrons. The van der Waals surface area contributed by atoms with Gasteiger partial charge in [0.15, 0.2) is 0 Å². The molecular formula is C15H23N3O. The van der Waals surface area contributed by atoms with Crippen molar-refractivity contribution in [2.75, 3.05) is 18.4 Å². The predicted octanol–water partition coefficient (Wildman–Crippen LogP) is 2.41. The van der Waals surface area contributed by atoms with Crippen molar-refractivity contribution in [1.82, 2.24) is 9.88 Å². The van der Waals surface area contributed by atoms with E-state index in [1.807, 2.05) is 18.0 Å². The Morgan fingerprint density at radius 1 is 1.47 bits per heavy atom. The Hall–Kier alpha value is -1.58. The van der Waals surface area contributed by atoms with Gasteiger partial charge in [-0.05, 0) is 23.1 Å². The number of anilines is 1. The third-order valence-corrected chi connectivity index (χ3v) is 3.51. The average Bonchev–Trinajstić information content (AvgIpc) is 2.31. The van der Waals surface area contributed by atoms with Gasteiger partial charge in [-0.25, -0.2) is 4.98 Å². The van der Waals surface area contributed by atoms with E-state index in [0.717, 1.165) is 18.9 Å². The van der Waals surface area contributed by atoms with Crippen molar-refractivity contribution in [3.05, 3.63) is 23.9 Å². The summed E-state index contributed by atoms with van der Waals surface area (Å²) in [5, 5.41) is 3.39. The van der Waals surface area contributed by atoms with Gasteiger partial charge < -0.3 is 10.2 Å². The van der Waals surface area contributed by atoms with E-state index in [9.17, 15) is 4.79 Å². The Balaban J connectivity index is 1.93. The number of pyridine rings is 1. The molecule has 1 N–H and O–H groups in total. The quantitative estimate of drug-likeness (QED) is 0.909. The van der Waals surface area contributed by atoms with Gasteiger partial charge in [-0.2, -0.15) is 0 Å². The molecule has 2 heterocycles. The molecule has 1 aliphatic rings. The number of carbonyl (C=O) groups is 1. The summed E-state index contributed by atoms with van der Waals surface area (Å²) in [6, 6.07) is 4.49. The van der Waals surface area contributed by atoms with Crippen molar-refractivity contribution >= 4 is 11.7 Å². The number of nitrogens with zero attached hydrogens (tertiary/aromatic N) is 2.